The normalized spacial score (nSPS) is 12.0. The van der Waals surface area contributed by atoms with Crippen molar-refractivity contribution < 1.29 is 4.79 Å². The number of thioether (sulfide) groups is 1. The molecule has 138 valence electrons. The van der Waals surface area contributed by atoms with Crippen LogP contribution in [0.15, 0.2) is 53.1 Å². The van der Waals surface area contributed by atoms with E-state index >= 15 is 0 Å². The van der Waals surface area contributed by atoms with Gasteiger partial charge in [-0.2, -0.15) is 5.26 Å². The molecule has 3 aromatic heterocycles. The first-order valence-electron chi connectivity index (χ1n) is 8.43. The van der Waals surface area contributed by atoms with Crippen molar-refractivity contribution >= 4 is 50.4 Å². The number of hydrogen-bond donors (Lipinski definition) is 0. The number of aryl methyl sites for hydroxylation is 1. The molecule has 0 radical (unpaired) electrons. The molecule has 4 aromatic rings. The topological polar surface area (TPSA) is 79.5 Å². The van der Waals surface area contributed by atoms with E-state index in [0.29, 0.717) is 5.01 Å². The Kier molecular flexibility index (Phi) is 5.48. The van der Waals surface area contributed by atoms with Crippen molar-refractivity contribution in [3.8, 4) is 16.5 Å². The van der Waals surface area contributed by atoms with E-state index in [1.54, 1.807) is 11.3 Å². The van der Waals surface area contributed by atoms with Crippen molar-refractivity contribution in [2.75, 3.05) is 5.75 Å². The highest BCUT2D eigenvalue weighted by Crippen LogP contribution is 2.36. The molecule has 0 aliphatic carbocycles. The third-order valence-corrected chi connectivity index (χ3v) is 7.18. The number of ketones is 1. The molecule has 0 aliphatic rings. The van der Waals surface area contributed by atoms with Crippen molar-refractivity contribution in [1.82, 2.24) is 15.0 Å². The van der Waals surface area contributed by atoms with Crippen molar-refractivity contribution in [3.05, 3.63) is 58.8 Å². The molecular weight excluding hydrogens is 408 g/mol. The van der Waals surface area contributed by atoms with Gasteiger partial charge in [0.25, 0.3) is 0 Å². The summed E-state index contributed by atoms with van der Waals surface area (Å²) < 4.78 is 0. The molecule has 1 aromatic carbocycles. The summed E-state index contributed by atoms with van der Waals surface area (Å²) in [4.78, 5) is 27.6. The largest absolute Gasteiger partial charge is 0.297 e. The lowest BCUT2D eigenvalue weighted by atomic mass is 10.1. The van der Waals surface area contributed by atoms with Gasteiger partial charge in [-0.25, -0.2) is 15.0 Å². The van der Waals surface area contributed by atoms with E-state index in [1.165, 1.54) is 29.4 Å². The van der Waals surface area contributed by atoms with Gasteiger partial charge in [0, 0.05) is 21.3 Å². The molecule has 0 fully saturated rings. The Morgan fingerprint density at radius 3 is 2.82 bits per heavy atom. The van der Waals surface area contributed by atoms with E-state index < -0.39 is 5.92 Å². The summed E-state index contributed by atoms with van der Waals surface area (Å²) in [7, 11) is 0. The predicted octanol–water partition coefficient (Wildman–Crippen LogP) is 5.09. The SMILES string of the molecule is Cc1csc([C@@H](C#N)C(=O)CSc2ncnc3sc(-c4ccccc4)cc23)n1. The molecule has 0 saturated heterocycles. The zero-order chi connectivity index (χ0) is 19.5. The molecule has 4 rings (SSSR count). The first-order valence-corrected chi connectivity index (χ1v) is 11.1. The predicted molar refractivity (Wildman–Crippen MR) is 114 cm³/mol. The maximum absolute atomic E-state index is 12.6. The zero-order valence-electron chi connectivity index (χ0n) is 14.8. The number of Topliss-reactive ketones (excluding diaryl/α,β-unsaturated/α-hetero) is 1. The molecule has 0 spiro atoms. The van der Waals surface area contributed by atoms with Gasteiger partial charge in [-0.05, 0) is 18.6 Å². The molecule has 5 nitrogen and oxygen atoms in total. The third-order valence-electron chi connectivity index (χ3n) is 4.04. The Morgan fingerprint density at radius 2 is 2.11 bits per heavy atom. The van der Waals surface area contributed by atoms with Gasteiger partial charge < -0.3 is 0 Å². The number of hydrogen-bond acceptors (Lipinski definition) is 8. The van der Waals surface area contributed by atoms with Crippen molar-refractivity contribution in [1.29, 1.82) is 5.26 Å². The Labute approximate surface area is 174 Å². The minimum absolute atomic E-state index is 0.160. The first-order chi connectivity index (χ1) is 13.7. The number of thiazole rings is 1. The average Bonchev–Trinajstić information content (AvgIpc) is 3.34. The highest BCUT2D eigenvalue weighted by molar-refractivity contribution is 8.00. The van der Waals surface area contributed by atoms with Crippen LogP contribution in [0, 0.1) is 18.3 Å². The molecule has 0 bridgehead atoms. The summed E-state index contributed by atoms with van der Waals surface area (Å²) in [5, 5.41) is 13.5. The van der Waals surface area contributed by atoms with Crippen LogP contribution in [0.2, 0.25) is 0 Å². The first kappa shape index (κ1) is 18.7. The lowest BCUT2D eigenvalue weighted by Gasteiger charge is -2.05. The summed E-state index contributed by atoms with van der Waals surface area (Å²) in [6, 6.07) is 14.3. The van der Waals surface area contributed by atoms with Gasteiger partial charge in [0.1, 0.15) is 21.2 Å². The summed E-state index contributed by atoms with van der Waals surface area (Å²) in [6.07, 6.45) is 1.52. The van der Waals surface area contributed by atoms with Crippen LogP contribution in [0.1, 0.15) is 16.6 Å². The number of nitrogens with zero attached hydrogens (tertiary/aromatic N) is 4. The molecule has 28 heavy (non-hydrogen) atoms. The number of aromatic nitrogens is 3. The zero-order valence-corrected chi connectivity index (χ0v) is 17.3. The van der Waals surface area contributed by atoms with Gasteiger partial charge >= 0.3 is 0 Å². The van der Waals surface area contributed by atoms with Gasteiger partial charge in [0.15, 0.2) is 11.7 Å². The van der Waals surface area contributed by atoms with Crippen molar-refractivity contribution in [3.63, 3.8) is 0 Å². The van der Waals surface area contributed by atoms with E-state index in [-0.39, 0.29) is 11.5 Å². The molecule has 0 N–H and O–H groups in total. The van der Waals surface area contributed by atoms with Crippen LogP contribution < -0.4 is 0 Å². The fraction of sp³-hybridized carbons (Fsp3) is 0.150. The number of fused-ring (bicyclic) bond motifs is 1. The highest BCUT2D eigenvalue weighted by atomic mass is 32.2. The van der Waals surface area contributed by atoms with Crippen LogP contribution in [0.5, 0.6) is 0 Å². The van der Waals surface area contributed by atoms with Crippen LogP contribution in [0.3, 0.4) is 0 Å². The Hall–Kier alpha value is -2.60. The van der Waals surface area contributed by atoms with E-state index in [0.717, 1.165) is 31.4 Å². The van der Waals surface area contributed by atoms with E-state index in [4.69, 9.17) is 0 Å². The minimum Gasteiger partial charge on any atom is -0.297 e. The smallest absolute Gasteiger partial charge is 0.167 e. The van der Waals surface area contributed by atoms with Gasteiger partial charge in [0.05, 0.1) is 11.8 Å². The lowest BCUT2D eigenvalue weighted by molar-refractivity contribution is -0.116. The number of carbonyl (C=O) groups excluding carboxylic acids is 1. The second-order valence-electron chi connectivity index (χ2n) is 6.02. The average molecular weight is 423 g/mol. The number of thiophene rings is 1. The highest BCUT2D eigenvalue weighted by Gasteiger charge is 2.24. The van der Waals surface area contributed by atoms with Gasteiger partial charge in [0.2, 0.25) is 0 Å². The van der Waals surface area contributed by atoms with Crippen molar-refractivity contribution in [2.45, 2.75) is 17.9 Å². The van der Waals surface area contributed by atoms with E-state index in [1.807, 2.05) is 30.5 Å². The Bertz CT molecular complexity index is 1180. The molecule has 0 unspecified atom stereocenters. The number of nitriles is 1. The van der Waals surface area contributed by atoms with Gasteiger partial charge in [-0.1, -0.05) is 42.1 Å². The molecule has 8 heteroatoms. The van der Waals surface area contributed by atoms with Crippen LogP contribution in [0.25, 0.3) is 20.7 Å². The fourth-order valence-electron chi connectivity index (χ4n) is 2.69. The second-order valence-corrected chi connectivity index (χ2v) is 8.90. The molecule has 3 heterocycles. The molecule has 0 aliphatic heterocycles. The second kappa shape index (κ2) is 8.19. The summed E-state index contributed by atoms with van der Waals surface area (Å²) >= 11 is 4.29. The van der Waals surface area contributed by atoms with Crippen LogP contribution in [-0.4, -0.2) is 26.5 Å². The number of carbonyl (C=O) groups is 1. The molecule has 0 amide bonds. The maximum Gasteiger partial charge on any atom is 0.167 e. The number of benzene rings is 1. The molecule has 1 atom stereocenters. The summed E-state index contributed by atoms with van der Waals surface area (Å²) in [5.41, 5.74) is 1.95. The standard InChI is InChI=1S/C20H14N4OS3/c1-12-9-26-20(24-12)15(8-21)16(25)10-27-18-14-7-17(13-5-3-2-4-6-13)28-19(14)23-11-22-18/h2-7,9,11,15H,10H2,1H3/t15-/m0/s1. The summed E-state index contributed by atoms with van der Waals surface area (Å²) in [6.45, 7) is 1.85. The third kappa shape index (κ3) is 3.83. The Balaban J connectivity index is 1.56. The van der Waals surface area contributed by atoms with Crippen molar-refractivity contribution in [2.24, 2.45) is 0 Å². The molecular formula is C20H14N4OS3. The van der Waals surface area contributed by atoms with E-state index in [2.05, 4.69) is 39.2 Å². The lowest BCUT2D eigenvalue weighted by Crippen LogP contribution is -2.13. The van der Waals surface area contributed by atoms with Crippen LogP contribution >= 0.6 is 34.4 Å². The van der Waals surface area contributed by atoms with Gasteiger partial charge in [-0.15, -0.1) is 22.7 Å². The molecule has 0 saturated carbocycles. The monoisotopic (exact) mass is 422 g/mol. The minimum atomic E-state index is -0.828. The quantitative estimate of drug-likeness (QED) is 0.318. The van der Waals surface area contributed by atoms with Crippen LogP contribution in [-0.2, 0) is 4.79 Å². The summed E-state index contributed by atoms with van der Waals surface area (Å²) in [5.74, 6) is -0.822. The number of rotatable bonds is 6. The Morgan fingerprint density at radius 1 is 1.29 bits per heavy atom. The van der Waals surface area contributed by atoms with E-state index in [9.17, 15) is 10.1 Å². The maximum atomic E-state index is 12.6. The van der Waals surface area contributed by atoms with Crippen LogP contribution in [0.4, 0.5) is 0 Å². The fourth-order valence-corrected chi connectivity index (χ4v) is 5.49. The van der Waals surface area contributed by atoms with Gasteiger partial charge in [-0.3, -0.25) is 4.79 Å².